The minimum atomic E-state index is -0.190. The summed E-state index contributed by atoms with van der Waals surface area (Å²) < 4.78 is 6.93. The van der Waals surface area contributed by atoms with Gasteiger partial charge in [-0.15, -0.1) is 0 Å². The van der Waals surface area contributed by atoms with E-state index in [2.05, 4.69) is 15.2 Å². The summed E-state index contributed by atoms with van der Waals surface area (Å²) in [7, 11) is 1.92. The molecule has 1 fully saturated rings. The molecule has 7 heteroatoms. The van der Waals surface area contributed by atoms with Crippen molar-refractivity contribution in [2.24, 2.45) is 7.05 Å². The van der Waals surface area contributed by atoms with Gasteiger partial charge in [-0.3, -0.25) is 9.48 Å². The molecule has 1 aliphatic heterocycles. The predicted molar refractivity (Wildman–Crippen MR) is 88.7 cm³/mol. The van der Waals surface area contributed by atoms with Crippen molar-refractivity contribution in [3.05, 3.63) is 28.7 Å². The highest BCUT2D eigenvalue weighted by atomic mass is 16.5. The lowest BCUT2D eigenvalue weighted by atomic mass is 9.93. The smallest absolute Gasteiger partial charge is 0.229 e. The Hall–Kier alpha value is -2.18. The quantitative estimate of drug-likeness (QED) is 0.862. The van der Waals surface area contributed by atoms with Crippen LogP contribution in [-0.2, 0) is 11.8 Å². The largest absolute Gasteiger partial charge is 0.341 e. The zero-order chi connectivity index (χ0) is 17.4. The molecule has 3 heterocycles. The highest BCUT2D eigenvalue weighted by Crippen LogP contribution is 2.29. The molecule has 0 unspecified atom stereocenters. The van der Waals surface area contributed by atoms with Gasteiger partial charge in [0.1, 0.15) is 0 Å². The highest BCUT2D eigenvalue weighted by molar-refractivity contribution is 5.84. The van der Waals surface area contributed by atoms with Crippen molar-refractivity contribution < 1.29 is 9.32 Å². The second-order valence-corrected chi connectivity index (χ2v) is 6.72. The van der Waals surface area contributed by atoms with Gasteiger partial charge in [0.2, 0.25) is 11.8 Å². The molecule has 0 radical (unpaired) electrons. The van der Waals surface area contributed by atoms with E-state index in [1.807, 2.05) is 37.4 Å². The molecular formula is C17H25N5O2. The van der Waals surface area contributed by atoms with Gasteiger partial charge in [0.25, 0.3) is 0 Å². The van der Waals surface area contributed by atoms with E-state index in [1.54, 1.807) is 6.92 Å². The predicted octanol–water partition coefficient (Wildman–Crippen LogP) is 2.24. The van der Waals surface area contributed by atoms with Crippen LogP contribution in [0.4, 0.5) is 0 Å². The minimum absolute atomic E-state index is 0.152. The number of amides is 1. The first-order valence-corrected chi connectivity index (χ1v) is 8.47. The van der Waals surface area contributed by atoms with E-state index in [4.69, 9.17) is 4.52 Å². The Morgan fingerprint density at radius 3 is 2.67 bits per heavy atom. The first kappa shape index (κ1) is 16.7. The van der Waals surface area contributed by atoms with Crippen LogP contribution in [0.5, 0.6) is 0 Å². The van der Waals surface area contributed by atoms with E-state index in [9.17, 15) is 4.79 Å². The second-order valence-electron chi connectivity index (χ2n) is 6.72. The third-order valence-electron chi connectivity index (χ3n) is 5.01. The topological polar surface area (TPSA) is 77.1 Å². The monoisotopic (exact) mass is 331 g/mol. The maximum Gasteiger partial charge on any atom is 0.229 e. The van der Waals surface area contributed by atoms with Gasteiger partial charge in [-0.25, -0.2) is 0 Å². The van der Waals surface area contributed by atoms with Gasteiger partial charge in [0, 0.05) is 44.2 Å². The van der Waals surface area contributed by atoms with Crippen LogP contribution in [0.2, 0.25) is 0 Å². The van der Waals surface area contributed by atoms with Crippen LogP contribution in [0.25, 0.3) is 0 Å². The molecule has 0 aromatic carbocycles. The fourth-order valence-corrected chi connectivity index (χ4v) is 3.68. The number of nitrogens with zero attached hydrogens (tertiary/aromatic N) is 5. The normalized spacial score (nSPS) is 19.5. The molecule has 0 bridgehead atoms. The number of hydrogen-bond donors (Lipinski definition) is 0. The molecule has 0 saturated carbocycles. The van der Waals surface area contributed by atoms with E-state index in [1.165, 1.54) is 0 Å². The van der Waals surface area contributed by atoms with Crippen LogP contribution in [0, 0.1) is 20.8 Å². The Balaban J connectivity index is 1.76. The highest BCUT2D eigenvalue weighted by Gasteiger charge is 2.32. The van der Waals surface area contributed by atoms with Gasteiger partial charge in [-0.1, -0.05) is 5.16 Å². The van der Waals surface area contributed by atoms with E-state index in [0.29, 0.717) is 18.3 Å². The molecule has 7 nitrogen and oxygen atoms in total. The summed E-state index contributed by atoms with van der Waals surface area (Å²) in [6.07, 6.45) is 1.95. The maximum absolute atomic E-state index is 13.0. The van der Waals surface area contributed by atoms with E-state index >= 15 is 0 Å². The molecule has 0 spiro atoms. The Bertz CT molecular complexity index is 748. The summed E-state index contributed by atoms with van der Waals surface area (Å²) in [6.45, 7) is 9.18. The molecular weight excluding hydrogens is 306 g/mol. The van der Waals surface area contributed by atoms with Crippen molar-refractivity contribution in [2.45, 2.75) is 52.4 Å². The lowest BCUT2D eigenvalue weighted by Crippen LogP contribution is -2.41. The average molecular weight is 331 g/mol. The fourth-order valence-electron chi connectivity index (χ4n) is 3.68. The van der Waals surface area contributed by atoms with Crippen molar-refractivity contribution >= 4 is 5.91 Å². The van der Waals surface area contributed by atoms with Gasteiger partial charge < -0.3 is 9.42 Å². The molecule has 1 saturated heterocycles. The molecule has 24 heavy (non-hydrogen) atoms. The van der Waals surface area contributed by atoms with Crippen LogP contribution in [0.3, 0.4) is 0 Å². The third-order valence-corrected chi connectivity index (χ3v) is 5.01. The Morgan fingerprint density at radius 1 is 1.33 bits per heavy atom. The Morgan fingerprint density at radius 2 is 2.08 bits per heavy atom. The lowest BCUT2D eigenvalue weighted by molar-refractivity contribution is -0.133. The number of likely N-dealkylation sites (tertiary alicyclic amines) is 1. The second kappa shape index (κ2) is 6.37. The van der Waals surface area contributed by atoms with Gasteiger partial charge in [0.15, 0.2) is 5.82 Å². The standard InChI is InChI=1S/C17H25N5O2/c1-10(15-11(2)19-21(5)12(15)3)17(23)22-8-6-7-14(9-22)16-18-13(4)24-20-16/h10,14H,6-9H2,1-5H3/t10-,14+/m0/s1. The van der Waals surface area contributed by atoms with Crippen molar-refractivity contribution in [1.82, 2.24) is 24.8 Å². The molecule has 2 atom stereocenters. The summed E-state index contributed by atoms with van der Waals surface area (Å²) >= 11 is 0. The molecule has 1 amide bonds. The van der Waals surface area contributed by atoms with E-state index < -0.39 is 0 Å². The van der Waals surface area contributed by atoms with Gasteiger partial charge in [-0.2, -0.15) is 10.1 Å². The summed E-state index contributed by atoms with van der Waals surface area (Å²) in [5.74, 6) is 1.40. The fraction of sp³-hybridized carbons (Fsp3) is 0.647. The number of hydrogen-bond acceptors (Lipinski definition) is 5. The zero-order valence-electron chi connectivity index (χ0n) is 15.0. The summed E-state index contributed by atoms with van der Waals surface area (Å²) in [4.78, 5) is 19.3. The number of carbonyl (C=O) groups is 1. The van der Waals surface area contributed by atoms with Crippen LogP contribution in [0.15, 0.2) is 4.52 Å². The van der Waals surface area contributed by atoms with Gasteiger partial charge in [0.05, 0.1) is 11.6 Å². The number of aryl methyl sites for hydroxylation is 3. The van der Waals surface area contributed by atoms with Crippen molar-refractivity contribution in [3.8, 4) is 0 Å². The molecule has 2 aromatic heterocycles. The average Bonchev–Trinajstić information content (AvgIpc) is 3.10. The summed E-state index contributed by atoms with van der Waals surface area (Å²) in [5.41, 5.74) is 3.02. The molecule has 130 valence electrons. The van der Waals surface area contributed by atoms with Crippen LogP contribution in [-0.4, -0.2) is 43.8 Å². The molecule has 3 rings (SSSR count). The summed E-state index contributed by atoms with van der Waals surface area (Å²) in [5, 5.41) is 8.47. The number of carbonyl (C=O) groups excluding carboxylic acids is 1. The van der Waals surface area contributed by atoms with Gasteiger partial charge >= 0.3 is 0 Å². The number of rotatable bonds is 3. The van der Waals surface area contributed by atoms with Gasteiger partial charge in [-0.05, 0) is 33.6 Å². The SMILES string of the molecule is Cc1nc([C@@H]2CCCN(C(=O)[C@@H](C)c3c(C)nn(C)c3C)C2)no1. The maximum atomic E-state index is 13.0. The van der Waals surface area contributed by atoms with Crippen molar-refractivity contribution in [2.75, 3.05) is 13.1 Å². The molecule has 0 aliphatic carbocycles. The number of piperidine rings is 1. The third kappa shape index (κ3) is 2.95. The molecule has 2 aromatic rings. The summed E-state index contributed by atoms with van der Waals surface area (Å²) in [6, 6.07) is 0. The van der Waals surface area contributed by atoms with Crippen LogP contribution < -0.4 is 0 Å². The Labute approximate surface area is 142 Å². The number of aromatic nitrogens is 4. The van der Waals surface area contributed by atoms with Crippen LogP contribution >= 0.6 is 0 Å². The van der Waals surface area contributed by atoms with E-state index in [0.717, 1.165) is 36.3 Å². The van der Waals surface area contributed by atoms with E-state index in [-0.39, 0.29) is 17.7 Å². The molecule has 1 aliphatic rings. The minimum Gasteiger partial charge on any atom is -0.341 e. The van der Waals surface area contributed by atoms with Crippen LogP contribution in [0.1, 0.15) is 60.3 Å². The zero-order valence-corrected chi connectivity index (χ0v) is 15.0. The molecule has 0 N–H and O–H groups in total. The van der Waals surface area contributed by atoms with Crippen molar-refractivity contribution in [3.63, 3.8) is 0 Å². The first-order valence-electron chi connectivity index (χ1n) is 8.47. The Kier molecular flexibility index (Phi) is 4.43. The first-order chi connectivity index (χ1) is 11.4. The lowest BCUT2D eigenvalue weighted by Gasteiger charge is -2.33. The van der Waals surface area contributed by atoms with Crippen molar-refractivity contribution in [1.29, 1.82) is 0 Å².